The summed E-state index contributed by atoms with van der Waals surface area (Å²) < 4.78 is 70.7. The van der Waals surface area contributed by atoms with Gasteiger partial charge < -0.3 is 15.3 Å². The molecule has 1 fully saturated rings. The highest BCUT2D eigenvalue weighted by atomic mass is 19.4. The number of nitrogens with zero attached hydrogens (tertiary/aromatic N) is 3. The Morgan fingerprint density at radius 2 is 1.73 bits per heavy atom. The number of nitrogens with one attached hydrogen (secondary N) is 1. The normalized spacial score (nSPS) is 14.2. The number of pyridine rings is 1. The predicted molar refractivity (Wildman–Crippen MR) is 139 cm³/mol. The molecule has 204 valence electrons. The number of piperidine rings is 1. The fourth-order valence-corrected chi connectivity index (χ4v) is 5.01. The number of anilines is 1. The van der Waals surface area contributed by atoms with Crippen LogP contribution in [0.4, 0.5) is 32.6 Å². The molecule has 0 unspecified atom stereocenters. The minimum absolute atomic E-state index is 0.0246. The first-order chi connectivity index (χ1) is 19.0. The number of benzene rings is 3. The molecule has 1 aliphatic heterocycles. The van der Waals surface area contributed by atoms with Crippen molar-refractivity contribution in [3.05, 3.63) is 83.4 Å². The summed E-state index contributed by atoms with van der Waals surface area (Å²) in [4.78, 5) is 17.7. The zero-order valence-corrected chi connectivity index (χ0v) is 20.8. The molecule has 6 nitrogen and oxygen atoms in total. The van der Waals surface area contributed by atoms with E-state index in [1.54, 1.807) is 18.2 Å². The van der Waals surface area contributed by atoms with E-state index in [-0.39, 0.29) is 28.4 Å². The molecule has 0 atom stereocenters. The van der Waals surface area contributed by atoms with Crippen LogP contribution in [0.25, 0.3) is 33.2 Å². The molecule has 40 heavy (non-hydrogen) atoms. The zero-order valence-electron chi connectivity index (χ0n) is 20.8. The second-order valence-electron chi connectivity index (χ2n) is 9.44. The van der Waals surface area contributed by atoms with E-state index in [0.717, 1.165) is 24.3 Å². The summed E-state index contributed by atoms with van der Waals surface area (Å²) in [6.07, 6.45) is -4.85. The number of hydrogen-bond acceptors (Lipinski definition) is 4. The summed E-state index contributed by atoms with van der Waals surface area (Å²) in [6.45, 7) is 0.958. The maximum absolute atomic E-state index is 14.8. The van der Waals surface area contributed by atoms with Crippen molar-refractivity contribution in [3.8, 4) is 28.5 Å². The molecule has 1 amide bonds. The van der Waals surface area contributed by atoms with Gasteiger partial charge in [-0.25, -0.2) is 18.6 Å². The number of alkyl halides is 3. The van der Waals surface area contributed by atoms with E-state index in [0.29, 0.717) is 42.5 Å². The van der Waals surface area contributed by atoms with Crippen LogP contribution < -0.4 is 10.2 Å². The van der Waals surface area contributed by atoms with Gasteiger partial charge in [0.15, 0.2) is 0 Å². The van der Waals surface area contributed by atoms with Crippen LogP contribution in [0, 0.1) is 23.0 Å². The molecule has 3 aromatic carbocycles. The summed E-state index contributed by atoms with van der Waals surface area (Å²) >= 11 is 0. The van der Waals surface area contributed by atoms with Gasteiger partial charge in [0.25, 0.3) is 0 Å². The number of aromatic nitrogens is 1. The van der Waals surface area contributed by atoms with E-state index in [2.05, 4.69) is 5.32 Å². The molecule has 0 saturated carbocycles. The molecule has 0 bridgehead atoms. The number of carboxylic acid groups (broad SMARTS) is 1. The standard InChI is InChI=1S/C29H21F5N4O2/c30-23-3-1-2-22(29(32,33)34)26(23)17-5-4-16-14-25(38-10-8-20(9-11-38)36-28(39)40)37-27(21(16)12-17)18-6-7-19(15-35)24(31)13-18/h1-7,12-14,20,36H,8-11H2,(H,39,40). The van der Waals surface area contributed by atoms with Gasteiger partial charge in [-0.3, -0.25) is 0 Å². The van der Waals surface area contributed by atoms with Crippen molar-refractivity contribution in [1.82, 2.24) is 10.3 Å². The van der Waals surface area contributed by atoms with E-state index < -0.39 is 35.0 Å². The molecule has 1 aliphatic rings. The van der Waals surface area contributed by atoms with Gasteiger partial charge >= 0.3 is 12.3 Å². The number of nitriles is 1. The largest absolute Gasteiger partial charge is 0.465 e. The molecule has 1 saturated heterocycles. The van der Waals surface area contributed by atoms with Crippen molar-refractivity contribution in [2.75, 3.05) is 18.0 Å². The predicted octanol–water partition coefficient (Wildman–Crippen LogP) is 6.97. The third kappa shape index (κ3) is 5.25. The first-order valence-electron chi connectivity index (χ1n) is 12.3. The average Bonchev–Trinajstić information content (AvgIpc) is 2.91. The van der Waals surface area contributed by atoms with Crippen molar-refractivity contribution in [3.63, 3.8) is 0 Å². The van der Waals surface area contributed by atoms with Crippen LogP contribution in [0.1, 0.15) is 24.0 Å². The molecule has 4 aromatic rings. The molecule has 0 spiro atoms. The third-order valence-corrected chi connectivity index (χ3v) is 6.94. The first-order valence-corrected chi connectivity index (χ1v) is 12.3. The Kier molecular flexibility index (Phi) is 7.02. The average molecular weight is 553 g/mol. The summed E-state index contributed by atoms with van der Waals surface area (Å²) in [5, 5.41) is 21.5. The van der Waals surface area contributed by atoms with Gasteiger partial charge in [-0.05, 0) is 60.2 Å². The van der Waals surface area contributed by atoms with Crippen LogP contribution >= 0.6 is 0 Å². The molecule has 1 aromatic heterocycles. The van der Waals surface area contributed by atoms with Crippen LogP contribution in [-0.4, -0.2) is 35.3 Å². The number of amides is 1. The van der Waals surface area contributed by atoms with Gasteiger partial charge in [-0.1, -0.05) is 24.3 Å². The van der Waals surface area contributed by atoms with Crippen LogP contribution in [0.3, 0.4) is 0 Å². The van der Waals surface area contributed by atoms with E-state index in [1.807, 2.05) is 4.90 Å². The van der Waals surface area contributed by atoms with Crippen molar-refractivity contribution in [2.45, 2.75) is 25.1 Å². The lowest BCUT2D eigenvalue weighted by Gasteiger charge is -2.33. The molecule has 2 N–H and O–H groups in total. The molecule has 0 radical (unpaired) electrons. The van der Waals surface area contributed by atoms with Crippen molar-refractivity contribution >= 4 is 22.7 Å². The third-order valence-electron chi connectivity index (χ3n) is 6.94. The Balaban J connectivity index is 1.66. The summed E-state index contributed by atoms with van der Waals surface area (Å²) in [6, 6.07) is 14.3. The summed E-state index contributed by atoms with van der Waals surface area (Å²) in [7, 11) is 0. The van der Waals surface area contributed by atoms with E-state index in [4.69, 9.17) is 15.4 Å². The number of rotatable bonds is 4. The summed E-state index contributed by atoms with van der Waals surface area (Å²) in [5.74, 6) is -1.32. The molecular weight excluding hydrogens is 531 g/mol. The highest BCUT2D eigenvalue weighted by molar-refractivity contribution is 5.99. The van der Waals surface area contributed by atoms with Gasteiger partial charge in [0, 0.05) is 35.6 Å². The maximum Gasteiger partial charge on any atom is 0.417 e. The number of halogens is 5. The number of carbonyl (C=O) groups is 1. The molecule has 2 heterocycles. The minimum Gasteiger partial charge on any atom is -0.465 e. The van der Waals surface area contributed by atoms with E-state index >= 15 is 0 Å². The Bertz CT molecular complexity index is 1660. The van der Waals surface area contributed by atoms with Crippen molar-refractivity contribution in [1.29, 1.82) is 5.26 Å². The maximum atomic E-state index is 14.8. The zero-order chi connectivity index (χ0) is 28.6. The highest BCUT2D eigenvalue weighted by Gasteiger charge is 2.35. The lowest BCUT2D eigenvalue weighted by molar-refractivity contribution is -0.137. The Morgan fingerprint density at radius 3 is 2.38 bits per heavy atom. The monoisotopic (exact) mass is 552 g/mol. The first kappa shape index (κ1) is 26.9. The lowest BCUT2D eigenvalue weighted by Crippen LogP contribution is -2.44. The van der Waals surface area contributed by atoms with Gasteiger partial charge in [-0.2, -0.15) is 18.4 Å². The number of hydrogen-bond donors (Lipinski definition) is 2. The summed E-state index contributed by atoms with van der Waals surface area (Å²) in [5.41, 5.74) is -1.41. The second kappa shape index (κ2) is 10.4. The smallest absolute Gasteiger partial charge is 0.417 e. The lowest BCUT2D eigenvalue weighted by atomic mass is 9.94. The molecule has 0 aliphatic carbocycles. The van der Waals surface area contributed by atoms with Crippen LogP contribution in [0.2, 0.25) is 0 Å². The van der Waals surface area contributed by atoms with Gasteiger partial charge in [-0.15, -0.1) is 0 Å². The Hall–Kier alpha value is -4.72. The van der Waals surface area contributed by atoms with Gasteiger partial charge in [0.05, 0.1) is 16.8 Å². The highest BCUT2D eigenvalue weighted by Crippen LogP contribution is 2.41. The fraction of sp³-hybridized carbons (Fsp3) is 0.207. The molecular formula is C29H21F5N4O2. The Morgan fingerprint density at radius 1 is 1.00 bits per heavy atom. The van der Waals surface area contributed by atoms with Crippen molar-refractivity contribution < 1.29 is 31.9 Å². The van der Waals surface area contributed by atoms with E-state index in [1.165, 1.54) is 24.3 Å². The topological polar surface area (TPSA) is 89.3 Å². The van der Waals surface area contributed by atoms with Crippen molar-refractivity contribution in [2.24, 2.45) is 0 Å². The molecule has 5 rings (SSSR count). The van der Waals surface area contributed by atoms with E-state index in [9.17, 15) is 26.7 Å². The fourth-order valence-electron chi connectivity index (χ4n) is 5.01. The number of fused-ring (bicyclic) bond motifs is 1. The molecule has 11 heteroatoms. The second-order valence-corrected chi connectivity index (χ2v) is 9.44. The SMILES string of the molecule is N#Cc1ccc(-c2nc(N3CCC(NC(=O)O)CC3)cc3ccc(-c4c(F)cccc4C(F)(F)F)cc23)cc1F. The minimum atomic E-state index is -4.80. The van der Waals surface area contributed by atoms with Crippen LogP contribution in [0.15, 0.2) is 60.7 Å². The Labute approximate surface area is 225 Å². The van der Waals surface area contributed by atoms with Crippen LogP contribution in [-0.2, 0) is 6.18 Å². The quantitative estimate of drug-likeness (QED) is 0.267. The van der Waals surface area contributed by atoms with Crippen LogP contribution in [0.5, 0.6) is 0 Å². The van der Waals surface area contributed by atoms with Gasteiger partial charge in [0.1, 0.15) is 23.5 Å². The van der Waals surface area contributed by atoms with Gasteiger partial charge in [0.2, 0.25) is 0 Å².